The van der Waals surface area contributed by atoms with E-state index >= 15 is 0 Å². The minimum Gasteiger partial charge on any atom is -0.394 e. The average molecular weight is 270 g/mol. The minimum atomic E-state index is -0.145. The van der Waals surface area contributed by atoms with E-state index in [1.165, 1.54) is 32.4 Å². The molecule has 3 nitrogen and oxygen atoms in total. The Morgan fingerprint density at radius 3 is 2.63 bits per heavy atom. The third kappa shape index (κ3) is 5.80. The molecule has 2 atom stereocenters. The largest absolute Gasteiger partial charge is 0.394 e. The fourth-order valence-corrected chi connectivity index (χ4v) is 3.09. The van der Waals surface area contributed by atoms with E-state index in [9.17, 15) is 5.11 Å². The molecule has 0 amide bonds. The van der Waals surface area contributed by atoms with Gasteiger partial charge >= 0.3 is 0 Å². The van der Waals surface area contributed by atoms with E-state index < -0.39 is 0 Å². The summed E-state index contributed by atoms with van der Waals surface area (Å²) in [6, 6.07) is 0. The number of likely N-dealkylation sites (tertiary alicyclic amines) is 1. The molecule has 2 unspecified atom stereocenters. The van der Waals surface area contributed by atoms with Crippen molar-refractivity contribution in [2.24, 2.45) is 11.8 Å². The Morgan fingerprint density at radius 2 is 2.05 bits per heavy atom. The molecule has 0 aromatic heterocycles. The summed E-state index contributed by atoms with van der Waals surface area (Å²) in [7, 11) is 0. The van der Waals surface area contributed by atoms with E-state index in [1.807, 2.05) is 0 Å². The summed E-state index contributed by atoms with van der Waals surface area (Å²) < 4.78 is 0. The van der Waals surface area contributed by atoms with Crippen LogP contribution in [0.15, 0.2) is 0 Å². The van der Waals surface area contributed by atoms with Crippen molar-refractivity contribution in [3.05, 3.63) is 0 Å². The molecule has 0 aromatic rings. The van der Waals surface area contributed by atoms with Crippen molar-refractivity contribution < 1.29 is 5.11 Å². The molecule has 114 valence electrons. The van der Waals surface area contributed by atoms with Gasteiger partial charge in [-0.2, -0.15) is 0 Å². The zero-order chi connectivity index (χ0) is 14.3. The normalized spacial score (nSPS) is 25.3. The molecule has 0 aromatic carbocycles. The van der Waals surface area contributed by atoms with Crippen LogP contribution in [0, 0.1) is 11.8 Å². The highest BCUT2D eigenvalue weighted by Crippen LogP contribution is 2.25. The summed E-state index contributed by atoms with van der Waals surface area (Å²) in [5.41, 5.74) is -0.145. The second-order valence-electron chi connectivity index (χ2n) is 6.86. The van der Waals surface area contributed by atoms with Gasteiger partial charge in [-0.3, -0.25) is 0 Å². The molecule has 19 heavy (non-hydrogen) atoms. The van der Waals surface area contributed by atoms with Crippen LogP contribution in [-0.2, 0) is 0 Å². The fraction of sp³-hybridized carbons (Fsp3) is 1.00. The summed E-state index contributed by atoms with van der Waals surface area (Å²) in [6.45, 7) is 13.6. The third-order valence-electron chi connectivity index (χ3n) is 4.53. The molecule has 0 spiro atoms. The van der Waals surface area contributed by atoms with E-state index in [2.05, 4.69) is 37.9 Å². The van der Waals surface area contributed by atoms with Gasteiger partial charge in [0.15, 0.2) is 0 Å². The van der Waals surface area contributed by atoms with Crippen molar-refractivity contribution in [2.45, 2.75) is 58.9 Å². The maximum atomic E-state index is 9.66. The molecule has 1 aliphatic rings. The van der Waals surface area contributed by atoms with Gasteiger partial charge in [-0.25, -0.2) is 0 Å². The molecule has 1 aliphatic heterocycles. The molecule has 0 aliphatic carbocycles. The van der Waals surface area contributed by atoms with E-state index in [-0.39, 0.29) is 12.1 Å². The number of aliphatic hydroxyl groups excluding tert-OH is 1. The Hall–Kier alpha value is -0.120. The number of aliphatic hydroxyl groups is 1. The molecule has 0 bridgehead atoms. The van der Waals surface area contributed by atoms with E-state index in [0.717, 1.165) is 31.3 Å². The van der Waals surface area contributed by atoms with Gasteiger partial charge in [0, 0.05) is 6.54 Å². The summed E-state index contributed by atoms with van der Waals surface area (Å²) in [4.78, 5) is 2.54. The summed E-state index contributed by atoms with van der Waals surface area (Å²) in [6.07, 6.45) is 5.10. The Balaban J connectivity index is 2.46. The lowest BCUT2D eigenvalue weighted by Gasteiger charge is -2.34. The van der Waals surface area contributed by atoms with Crippen LogP contribution in [0.5, 0.6) is 0 Å². The van der Waals surface area contributed by atoms with Crippen LogP contribution >= 0.6 is 0 Å². The third-order valence-corrected chi connectivity index (χ3v) is 4.53. The molecule has 3 heteroatoms. The van der Waals surface area contributed by atoms with Crippen molar-refractivity contribution >= 4 is 0 Å². The van der Waals surface area contributed by atoms with Crippen LogP contribution in [0.3, 0.4) is 0 Å². The second-order valence-corrected chi connectivity index (χ2v) is 6.86. The molecule has 0 radical (unpaired) electrons. The molecular formula is C16H34N2O. The first-order chi connectivity index (χ1) is 9.00. The van der Waals surface area contributed by atoms with Crippen LogP contribution in [0.25, 0.3) is 0 Å². The first kappa shape index (κ1) is 16.9. The van der Waals surface area contributed by atoms with Crippen molar-refractivity contribution in [3.63, 3.8) is 0 Å². The van der Waals surface area contributed by atoms with Gasteiger partial charge in [-0.05, 0) is 64.1 Å². The highest BCUT2D eigenvalue weighted by molar-refractivity contribution is 4.87. The lowest BCUT2D eigenvalue weighted by molar-refractivity contribution is 0.120. The summed E-state index contributed by atoms with van der Waals surface area (Å²) in [5, 5.41) is 13.2. The lowest BCUT2D eigenvalue weighted by Crippen LogP contribution is -2.54. The van der Waals surface area contributed by atoms with Crippen LogP contribution < -0.4 is 5.32 Å². The monoisotopic (exact) mass is 270 g/mol. The van der Waals surface area contributed by atoms with Gasteiger partial charge in [-0.1, -0.05) is 20.8 Å². The zero-order valence-electron chi connectivity index (χ0n) is 13.4. The standard InChI is InChI=1S/C16H34N2O/c1-5-9-17-16(4,13-19)12-18-10-6-7-15(8-11-18)14(2)3/h14-15,17,19H,5-13H2,1-4H3. The van der Waals surface area contributed by atoms with Gasteiger partial charge in [0.05, 0.1) is 12.1 Å². The number of nitrogens with zero attached hydrogens (tertiary/aromatic N) is 1. The van der Waals surface area contributed by atoms with Crippen molar-refractivity contribution in [2.75, 3.05) is 32.8 Å². The minimum absolute atomic E-state index is 0.145. The fourth-order valence-electron chi connectivity index (χ4n) is 3.09. The Bertz CT molecular complexity index is 245. The van der Waals surface area contributed by atoms with Gasteiger partial charge < -0.3 is 15.3 Å². The van der Waals surface area contributed by atoms with Crippen molar-refractivity contribution in [1.29, 1.82) is 0 Å². The predicted octanol–water partition coefficient (Wildman–Crippen LogP) is 2.50. The molecule has 2 N–H and O–H groups in total. The number of hydrogen-bond acceptors (Lipinski definition) is 3. The van der Waals surface area contributed by atoms with Crippen LogP contribution in [-0.4, -0.2) is 48.3 Å². The van der Waals surface area contributed by atoms with Gasteiger partial charge in [-0.15, -0.1) is 0 Å². The van der Waals surface area contributed by atoms with Gasteiger partial charge in [0.25, 0.3) is 0 Å². The maximum Gasteiger partial charge on any atom is 0.0623 e. The van der Waals surface area contributed by atoms with E-state index in [1.54, 1.807) is 0 Å². The molecule has 1 saturated heterocycles. The number of nitrogens with one attached hydrogen (secondary N) is 1. The Labute approximate surface area is 119 Å². The molecule has 0 saturated carbocycles. The highest BCUT2D eigenvalue weighted by atomic mass is 16.3. The van der Waals surface area contributed by atoms with Gasteiger partial charge in [0.1, 0.15) is 0 Å². The Kier molecular flexibility index (Phi) is 7.33. The van der Waals surface area contributed by atoms with Crippen LogP contribution in [0.1, 0.15) is 53.4 Å². The van der Waals surface area contributed by atoms with Gasteiger partial charge in [0.2, 0.25) is 0 Å². The average Bonchev–Trinajstić information content (AvgIpc) is 2.62. The summed E-state index contributed by atoms with van der Waals surface area (Å²) in [5.74, 6) is 1.69. The van der Waals surface area contributed by atoms with E-state index in [4.69, 9.17) is 0 Å². The lowest BCUT2D eigenvalue weighted by atomic mass is 9.89. The number of hydrogen-bond donors (Lipinski definition) is 2. The quantitative estimate of drug-likeness (QED) is 0.746. The second kappa shape index (κ2) is 8.23. The first-order valence-corrected chi connectivity index (χ1v) is 8.09. The first-order valence-electron chi connectivity index (χ1n) is 8.09. The van der Waals surface area contributed by atoms with Crippen LogP contribution in [0.2, 0.25) is 0 Å². The Morgan fingerprint density at radius 1 is 1.32 bits per heavy atom. The number of rotatable bonds is 7. The molecule has 1 fully saturated rings. The molecule has 1 rings (SSSR count). The van der Waals surface area contributed by atoms with E-state index in [0.29, 0.717) is 0 Å². The zero-order valence-corrected chi connectivity index (χ0v) is 13.4. The molecule has 1 heterocycles. The highest BCUT2D eigenvalue weighted by Gasteiger charge is 2.27. The van der Waals surface area contributed by atoms with Crippen molar-refractivity contribution in [1.82, 2.24) is 10.2 Å². The van der Waals surface area contributed by atoms with Crippen molar-refractivity contribution in [3.8, 4) is 0 Å². The smallest absolute Gasteiger partial charge is 0.0623 e. The SMILES string of the molecule is CCCNC(C)(CO)CN1CCCC(C(C)C)CC1. The van der Waals surface area contributed by atoms with Crippen LogP contribution in [0.4, 0.5) is 0 Å². The topological polar surface area (TPSA) is 35.5 Å². The predicted molar refractivity (Wildman–Crippen MR) is 82.4 cm³/mol. The summed E-state index contributed by atoms with van der Waals surface area (Å²) >= 11 is 0. The molecular weight excluding hydrogens is 236 g/mol. The maximum absolute atomic E-state index is 9.66.